The number of carbonyl (C=O) groups is 3. The molecule has 27 heavy (non-hydrogen) atoms. The van der Waals surface area contributed by atoms with E-state index in [4.69, 9.17) is 16.3 Å². The van der Waals surface area contributed by atoms with Gasteiger partial charge in [0, 0.05) is 24.2 Å². The van der Waals surface area contributed by atoms with Crippen LogP contribution in [0.2, 0.25) is 5.02 Å². The molecule has 142 valence electrons. The van der Waals surface area contributed by atoms with Gasteiger partial charge in [0.15, 0.2) is 6.10 Å². The van der Waals surface area contributed by atoms with Crippen LogP contribution in [0.15, 0.2) is 42.5 Å². The molecule has 7 heteroatoms. The molecular weight excluding hydrogens is 368 g/mol. The molecule has 0 aliphatic rings. The zero-order valence-corrected chi connectivity index (χ0v) is 16.1. The first-order chi connectivity index (χ1) is 12.8. The minimum Gasteiger partial charge on any atom is -0.449 e. The summed E-state index contributed by atoms with van der Waals surface area (Å²) in [5, 5.41) is 5.87. The lowest BCUT2D eigenvalue weighted by Crippen LogP contribution is -2.30. The molecule has 0 radical (unpaired) electrons. The number of halogens is 1. The van der Waals surface area contributed by atoms with Crippen LogP contribution in [0.1, 0.15) is 35.3 Å². The van der Waals surface area contributed by atoms with Crippen molar-refractivity contribution >= 4 is 35.1 Å². The van der Waals surface area contributed by atoms with Crippen LogP contribution in [0.25, 0.3) is 0 Å². The van der Waals surface area contributed by atoms with E-state index in [-0.39, 0.29) is 5.91 Å². The summed E-state index contributed by atoms with van der Waals surface area (Å²) in [6.45, 7) is 5.15. The molecule has 0 heterocycles. The van der Waals surface area contributed by atoms with Crippen molar-refractivity contribution in [1.82, 2.24) is 5.32 Å². The van der Waals surface area contributed by atoms with Gasteiger partial charge in [-0.05, 0) is 49.2 Å². The number of benzene rings is 2. The highest BCUT2D eigenvalue weighted by Gasteiger charge is 2.19. The van der Waals surface area contributed by atoms with Crippen molar-refractivity contribution in [2.24, 2.45) is 0 Å². The second-order valence-corrected chi connectivity index (χ2v) is 6.54. The number of hydrogen-bond acceptors (Lipinski definition) is 4. The van der Waals surface area contributed by atoms with Crippen LogP contribution in [0.3, 0.4) is 0 Å². The Balaban J connectivity index is 1.95. The molecule has 2 aromatic carbocycles. The first-order valence-electron chi connectivity index (χ1n) is 8.37. The van der Waals surface area contributed by atoms with E-state index < -0.39 is 18.0 Å². The quantitative estimate of drug-likeness (QED) is 0.742. The predicted octanol–water partition coefficient (Wildman–Crippen LogP) is 3.47. The zero-order valence-electron chi connectivity index (χ0n) is 15.3. The second-order valence-electron chi connectivity index (χ2n) is 6.10. The normalized spacial score (nSPS) is 11.4. The SMILES string of the molecule is CC(=O)NCc1ccc(C(=O)OC(C)C(=O)Nc2cc(Cl)ccc2C)cc1. The van der Waals surface area contributed by atoms with Crippen molar-refractivity contribution < 1.29 is 19.1 Å². The molecule has 2 rings (SSSR count). The van der Waals surface area contributed by atoms with E-state index in [1.807, 2.05) is 6.92 Å². The van der Waals surface area contributed by atoms with Gasteiger partial charge in [-0.15, -0.1) is 0 Å². The first kappa shape index (κ1) is 20.5. The smallest absolute Gasteiger partial charge is 0.338 e. The van der Waals surface area contributed by atoms with Crippen LogP contribution in [0, 0.1) is 6.92 Å². The van der Waals surface area contributed by atoms with Gasteiger partial charge in [0.1, 0.15) is 0 Å². The maximum absolute atomic E-state index is 12.3. The predicted molar refractivity (Wildman–Crippen MR) is 104 cm³/mol. The van der Waals surface area contributed by atoms with Crippen LogP contribution >= 0.6 is 11.6 Å². The summed E-state index contributed by atoms with van der Waals surface area (Å²) in [7, 11) is 0. The highest BCUT2D eigenvalue weighted by Crippen LogP contribution is 2.20. The van der Waals surface area contributed by atoms with E-state index in [2.05, 4.69) is 10.6 Å². The largest absolute Gasteiger partial charge is 0.449 e. The molecule has 1 unspecified atom stereocenters. The third-order valence-electron chi connectivity index (χ3n) is 3.84. The molecule has 6 nitrogen and oxygen atoms in total. The van der Waals surface area contributed by atoms with Gasteiger partial charge in [-0.25, -0.2) is 4.79 Å². The molecule has 2 amide bonds. The summed E-state index contributed by atoms with van der Waals surface area (Å²) in [6, 6.07) is 11.8. The monoisotopic (exact) mass is 388 g/mol. The van der Waals surface area contributed by atoms with Crippen LogP contribution in [-0.2, 0) is 20.9 Å². The Bertz CT molecular complexity index is 850. The molecule has 0 spiro atoms. The van der Waals surface area contributed by atoms with Crippen molar-refractivity contribution in [2.75, 3.05) is 5.32 Å². The Hall–Kier alpha value is -2.86. The van der Waals surface area contributed by atoms with Crippen LogP contribution in [0.4, 0.5) is 5.69 Å². The van der Waals surface area contributed by atoms with Crippen molar-refractivity contribution in [2.45, 2.75) is 33.4 Å². The van der Waals surface area contributed by atoms with E-state index in [0.717, 1.165) is 11.1 Å². The number of carbonyl (C=O) groups excluding carboxylic acids is 3. The maximum atomic E-state index is 12.3. The highest BCUT2D eigenvalue weighted by molar-refractivity contribution is 6.31. The molecule has 1 atom stereocenters. The first-order valence-corrected chi connectivity index (χ1v) is 8.75. The van der Waals surface area contributed by atoms with Gasteiger partial charge in [-0.2, -0.15) is 0 Å². The third-order valence-corrected chi connectivity index (χ3v) is 4.08. The Morgan fingerprint density at radius 3 is 2.41 bits per heavy atom. The molecule has 0 bridgehead atoms. The lowest BCUT2D eigenvalue weighted by atomic mass is 10.1. The average molecular weight is 389 g/mol. The van der Waals surface area contributed by atoms with E-state index in [9.17, 15) is 14.4 Å². The fourth-order valence-corrected chi connectivity index (χ4v) is 2.40. The molecule has 0 saturated carbocycles. The molecule has 2 aromatic rings. The number of amides is 2. The number of rotatable bonds is 6. The van der Waals surface area contributed by atoms with Crippen molar-refractivity contribution in [3.8, 4) is 0 Å². The van der Waals surface area contributed by atoms with Crippen molar-refractivity contribution in [1.29, 1.82) is 0 Å². The van der Waals surface area contributed by atoms with Gasteiger partial charge in [-0.3, -0.25) is 9.59 Å². The van der Waals surface area contributed by atoms with Gasteiger partial charge in [0.05, 0.1) is 5.56 Å². The Morgan fingerprint density at radius 1 is 1.11 bits per heavy atom. The Kier molecular flexibility index (Phi) is 6.96. The Morgan fingerprint density at radius 2 is 1.78 bits per heavy atom. The van der Waals surface area contributed by atoms with Crippen LogP contribution < -0.4 is 10.6 Å². The fourth-order valence-electron chi connectivity index (χ4n) is 2.23. The summed E-state index contributed by atoms with van der Waals surface area (Å²) in [6.07, 6.45) is -0.977. The fraction of sp³-hybridized carbons (Fsp3) is 0.250. The Labute approximate surface area is 162 Å². The number of nitrogens with one attached hydrogen (secondary N) is 2. The van der Waals surface area contributed by atoms with E-state index in [1.165, 1.54) is 13.8 Å². The number of hydrogen-bond donors (Lipinski definition) is 2. The summed E-state index contributed by atoms with van der Waals surface area (Å²) < 4.78 is 5.22. The van der Waals surface area contributed by atoms with E-state index in [0.29, 0.717) is 22.8 Å². The van der Waals surface area contributed by atoms with Gasteiger partial charge < -0.3 is 15.4 Å². The number of anilines is 1. The molecule has 0 fully saturated rings. The van der Waals surface area contributed by atoms with Crippen LogP contribution in [0.5, 0.6) is 0 Å². The van der Waals surface area contributed by atoms with Gasteiger partial charge in [-0.1, -0.05) is 29.8 Å². The number of aryl methyl sites for hydroxylation is 1. The maximum Gasteiger partial charge on any atom is 0.338 e. The summed E-state index contributed by atoms with van der Waals surface area (Å²) in [5.74, 6) is -1.18. The third kappa shape index (κ3) is 6.11. The highest BCUT2D eigenvalue weighted by atomic mass is 35.5. The lowest BCUT2D eigenvalue weighted by molar-refractivity contribution is -0.123. The standard InChI is InChI=1S/C20H21ClN2O4/c1-12-4-9-17(21)10-18(12)23-19(25)13(2)27-20(26)16-7-5-15(6-8-16)11-22-14(3)24/h4-10,13H,11H2,1-3H3,(H,22,24)(H,23,25). The molecule has 2 N–H and O–H groups in total. The summed E-state index contributed by atoms with van der Waals surface area (Å²) >= 11 is 5.94. The van der Waals surface area contributed by atoms with Crippen molar-refractivity contribution in [3.63, 3.8) is 0 Å². The zero-order chi connectivity index (χ0) is 20.0. The van der Waals surface area contributed by atoms with Crippen LogP contribution in [-0.4, -0.2) is 23.9 Å². The molecule has 0 aliphatic carbocycles. The molecule has 0 saturated heterocycles. The second kappa shape index (κ2) is 9.19. The molecule has 0 aliphatic heterocycles. The minimum atomic E-state index is -0.977. The number of ether oxygens (including phenoxy) is 1. The molecule has 0 aromatic heterocycles. The van der Waals surface area contributed by atoms with Gasteiger partial charge in [0.25, 0.3) is 5.91 Å². The lowest BCUT2D eigenvalue weighted by Gasteiger charge is -2.15. The summed E-state index contributed by atoms with van der Waals surface area (Å²) in [5.41, 5.74) is 2.59. The van der Waals surface area contributed by atoms with E-state index in [1.54, 1.807) is 42.5 Å². The average Bonchev–Trinajstić information content (AvgIpc) is 2.63. The summed E-state index contributed by atoms with van der Waals surface area (Å²) in [4.78, 5) is 35.4. The topological polar surface area (TPSA) is 84.5 Å². The van der Waals surface area contributed by atoms with Gasteiger partial charge >= 0.3 is 5.97 Å². The van der Waals surface area contributed by atoms with Crippen molar-refractivity contribution in [3.05, 3.63) is 64.2 Å². The van der Waals surface area contributed by atoms with E-state index >= 15 is 0 Å². The minimum absolute atomic E-state index is 0.131. The number of esters is 1. The van der Waals surface area contributed by atoms with Gasteiger partial charge in [0.2, 0.25) is 5.91 Å². The molecular formula is C20H21ClN2O4.